The summed E-state index contributed by atoms with van der Waals surface area (Å²) in [5, 5.41) is 31.4. The molecule has 0 saturated heterocycles. The number of benzene rings is 2. The topological polar surface area (TPSA) is 94.8 Å². The molecule has 0 amide bonds. The zero-order valence-electron chi connectivity index (χ0n) is 16.2. The first-order valence-electron chi connectivity index (χ1n) is 9.64. The summed E-state index contributed by atoms with van der Waals surface area (Å²) >= 11 is 0. The quantitative estimate of drug-likeness (QED) is 0.547. The van der Waals surface area contributed by atoms with Gasteiger partial charge in [0.1, 0.15) is 12.2 Å². The number of aliphatic hydroxyl groups is 3. The molecule has 28 heavy (non-hydrogen) atoms. The molecule has 2 aromatic carbocycles. The number of rotatable bonds is 10. The predicted molar refractivity (Wildman–Crippen MR) is 107 cm³/mol. The number of hydrogen-bond donors (Lipinski definition) is 3. The van der Waals surface area contributed by atoms with Gasteiger partial charge in [-0.15, -0.1) is 0 Å². The highest BCUT2D eigenvalue weighted by atomic mass is 16.3. The van der Waals surface area contributed by atoms with Crippen molar-refractivity contribution in [2.75, 3.05) is 0 Å². The Morgan fingerprint density at radius 1 is 0.679 bits per heavy atom. The maximum Gasteiger partial charge on any atom is 0.232 e. The molecule has 4 unspecified atom stereocenters. The van der Waals surface area contributed by atoms with E-state index in [1.807, 2.05) is 26.0 Å². The molecule has 0 heterocycles. The van der Waals surface area contributed by atoms with Crippen LogP contribution in [0.1, 0.15) is 49.7 Å². The monoisotopic (exact) mass is 384 g/mol. The Morgan fingerprint density at radius 3 is 1.50 bits per heavy atom. The predicted octanol–water partition coefficient (Wildman–Crippen LogP) is 2.59. The lowest BCUT2D eigenvalue weighted by Crippen LogP contribution is -2.46. The van der Waals surface area contributed by atoms with Crippen molar-refractivity contribution in [1.82, 2.24) is 0 Å². The van der Waals surface area contributed by atoms with Crippen molar-refractivity contribution in [1.29, 1.82) is 0 Å². The molecule has 0 bridgehead atoms. The summed E-state index contributed by atoms with van der Waals surface area (Å²) in [7, 11) is 0. The molecule has 5 heteroatoms. The molecule has 0 radical (unpaired) electrons. The molecule has 0 spiro atoms. The van der Waals surface area contributed by atoms with Gasteiger partial charge in [-0.05, 0) is 24.0 Å². The van der Waals surface area contributed by atoms with Gasteiger partial charge in [-0.3, -0.25) is 9.59 Å². The second-order valence-electron chi connectivity index (χ2n) is 6.96. The number of carbonyl (C=O) groups excluding carboxylic acids is 2. The number of hydrogen-bond acceptors (Lipinski definition) is 5. The lowest BCUT2D eigenvalue weighted by molar-refractivity contribution is -0.150. The molecular weight excluding hydrogens is 356 g/mol. The van der Waals surface area contributed by atoms with E-state index < -0.39 is 41.7 Å². The molecular formula is C23H28O5. The number of carbonyl (C=O) groups is 2. The van der Waals surface area contributed by atoms with Crippen LogP contribution in [-0.2, 0) is 9.59 Å². The first kappa shape index (κ1) is 22.0. The number of ketones is 2. The maximum absolute atomic E-state index is 12.5. The molecule has 0 saturated carbocycles. The maximum atomic E-state index is 12.5. The van der Waals surface area contributed by atoms with E-state index in [4.69, 9.17) is 0 Å². The van der Waals surface area contributed by atoms with E-state index in [0.29, 0.717) is 12.8 Å². The fourth-order valence-electron chi connectivity index (χ4n) is 3.57. The van der Waals surface area contributed by atoms with Crippen molar-refractivity contribution in [3.63, 3.8) is 0 Å². The smallest absolute Gasteiger partial charge is 0.232 e. The molecule has 0 aliphatic carbocycles. The Labute approximate surface area is 165 Å². The zero-order valence-corrected chi connectivity index (χ0v) is 16.2. The number of aliphatic hydroxyl groups excluding tert-OH is 3. The molecule has 0 aliphatic heterocycles. The fourth-order valence-corrected chi connectivity index (χ4v) is 3.57. The summed E-state index contributed by atoms with van der Waals surface area (Å²) < 4.78 is 0. The van der Waals surface area contributed by atoms with Crippen molar-refractivity contribution in [2.45, 2.75) is 56.8 Å². The molecule has 3 N–H and O–H groups in total. The first-order chi connectivity index (χ1) is 13.4. The summed E-state index contributed by atoms with van der Waals surface area (Å²) in [5.41, 5.74) is 1.51. The van der Waals surface area contributed by atoms with Crippen molar-refractivity contribution in [2.24, 2.45) is 0 Å². The Kier molecular flexibility index (Phi) is 8.05. The number of Topliss-reactive ketones (excluding diaryl/α,β-unsaturated/α-hetero) is 2. The molecule has 0 aliphatic rings. The van der Waals surface area contributed by atoms with Crippen LogP contribution in [0.15, 0.2) is 60.7 Å². The molecule has 150 valence electrons. The lowest BCUT2D eigenvalue weighted by atomic mass is 9.83. The van der Waals surface area contributed by atoms with E-state index in [2.05, 4.69) is 0 Å². The molecule has 5 nitrogen and oxygen atoms in total. The van der Waals surface area contributed by atoms with E-state index in [9.17, 15) is 24.9 Å². The molecule has 2 aromatic rings. The van der Waals surface area contributed by atoms with Crippen LogP contribution < -0.4 is 0 Å². The van der Waals surface area contributed by atoms with E-state index in [1.54, 1.807) is 48.5 Å². The van der Waals surface area contributed by atoms with E-state index in [1.165, 1.54) is 0 Å². The Bertz CT molecular complexity index is 759. The molecule has 0 fully saturated rings. The van der Waals surface area contributed by atoms with E-state index in [0.717, 1.165) is 11.1 Å². The Balaban J connectivity index is 2.15. The van der Waals surface area contributed by atoms with Crippen LogP contribution in [0.2, 0.25) is 0 Å². The first-order valence-corrected chi connectivity index (χ1v) is 9.64. The minimum Gasteiger partial charge on any atom is -0.389 e. The lowest BCUT2D eigenvalue weighted by Gasteiger charge is -2.27. The van der Waals surface area contributed by atoms with Gasteiger partial charge >= 0.3 is 0 Å². The van der Waals surface area contributed by atoms with Crippen LogP contribution in [0.25, 0.3) is 0 Å². The summed E-state index contributed by atoms with van der Waals surface area (Å²) in [4.78, 5) is 25.0. The normalized spacial score (nSPS) is 16.6. The van der Waals surface area contributed by atoms with Gasteiger partial charge in [0.15, 0.2) is 0 Å². The van der Waals surface area contributed by atoms with Crippen molar-refractivity contribution >= 4 is 11.6 Å². The third kappa shape index (κ3) is 4.93. The largest absolute Gasteiger partial charge is 0.389 e. The summed E-state index contributed by atoms with van der Waals surface area (Å²) in [6, 6.07) is 18.0. The fraction of sp³-hybridized carbons (Fsp3) is 0.391. The van der Waals surface area contributed by atoms with Crippen LogP contribution in [0, 0.1) is 0 Å². The highest BCUT2D eigenvalue weighted by Gasteiger charge is 2.39. The van der Waals surface area contributed by atoms with Crippen LogP contribution >= 0.6 is 0 Å². The summed E-state index contributed by atoms with van der Waals surface area (Å²) in [5.74, 6) is -3.30. The van der Waals surface area contributed by atoms with Gasteiger partial charge in [0.2, 0.25) is 11.6 Å². The second kappa shape index (κ2) is 10.3. The zero-order chi connectivity index (χ0) is 20.7. The summed E-state index contributed by atoms with van der Waals surface area (Å²) in [6.45, 7) is 3.64. The van der Waals surface area contributed by atoms with Crippen LogP contribution in [-0.4, -0.2) is 45.2 Å². The third-order valence-electron chi connectivity index (χ3n) is 5.23. The minimum absolute atomic E-state index is 0.449. The van der Waals surface area contributed by atoms with E-state index in [-0.39, 0.29) is 0 Å². The summed E-state index contributed by atoms with van der Waals surface area (Å²) in [6.07, 6.45) is -3.97. The van der Waals surface area contributed by atoms with Crippen molar-refractivity contribution < 1.29 is 24.9 Å². The van der Waals surface area contributed by atoms with Crippen LogP contribution in [0.5, 0.6) is 0 Å². The minimum atomic E-state index is -1.89. The highest BCUT2D eigenvalue weighted by Crippen LogP contribution is 2.27. The van der Waals surface area contributed by atoms with Gasteiger partial charge < -0.3 is 15.3 Å². The second-order valence-corrected chi connectivity index (χ2v) is 6.96. The van der Waals surface area contributed by atoms with Crippen molar-refractivity contribution in [3.8, 4) is 0 Å². The molecule has 5 atom stereocenters. The van der Waals surface area contributed by atoms with Gasteiger partial charge in [0.25, 0.3) is 0 Å². The molecule has 0 aromatic heterocycles. The van der Waals surface area contributed by atoms with Gasteiger partial charge in [0.05, 0.1) is 6.10 Å². The molecule has 2 rings (SSSR count). The third-order valence-corrected chi connectivity index (χ3v) is 5.23. The average molecular weight is 384 g/mol. The van der Waals surface area contributed by atoms with E-state index >= 15 is 0 Å². The average Bonchev–Trinajstić information content (AvgIpc) is 2.74. The van der Waals surface area contributed by atoms with Gasteiger partial charge in [-0.1, -0.05) is 74.5 Å². The Hall–Kier alpha value is -2.34. The highest BCUT2D eigenvalue weighted by molar-refractivity contribution is 6.40. The van der Waals surface area contributed by atoms with Gasteiger partial charge in [0, 0.05) is 11.8 Å². The Morgan fingerprint density at radius 2 is 1.07 bits per heavy atom. The van der Waals surface area contributed by atoms with Crippen molar-refractivity contribution in [3.05, 3.63) is 71.8 Å². The SMILES string of the molecule is CCC(c1ccccc1)C(O)C(=O)C(=O)[C@@H](O)C(O)C(CC)c1ccccc1. The standard InChI is InChI=1S/C23H28O5/c1-3-17(15-11-7-5-8-12-15)19(24)21(26)23(28)22(27)20(25)18(4-2)16-13-9-6-10-14-16/h5-14,17-21,24-26H,3-4H2,1-2H3/t17?,18?,19?,20?,21-/m0/s1. The van der Waals surface area contributed by atoms with Gasteiger partial charge in [-0.25, -0.2) is 0 Å². The van der Waals surface area contributed by atoms with Crippen LogP contribution in [0.4, 0.5) is 0 Å². The van der Waals surface area contributed by atoms with Gasteiger partial charge in [-0.2, -0.15) is 0 Å². The van der Waals surface area contributed by atoms with Crippen LogP contribution in [0.3, 0.4) is 0 Å².